The molecule has 1 aliphatic carbocycles. The molecule has 1 saturated carbocycles. The topological polar surface area (TPSA) is 44.5 Å². The van der Waals surface area contributed by atoms with E-state index in [0.29, 0.717) is 19.1 Å². The molecule has 3 rings (SSSR count). The minimum atomic E-state index is 0.0283. The largest absolute Gasteiger partial charge is 0.494 e. The second-order valence-electron chi connectivity index (χ2n) is 5.98. The van der Waals surface area contributed by atoms with E-state index >= 15 is 0 Å². The zero-order valence-corrected chi connectivity index (χ0v) is 13.9. The molecule has 2 aromatic carbocycles. The van der Waals surface area contributed by atoms with E-state index in [1.807, 2.05) is 32.0 Å². The lowest BCUT2D eigenvalue weighted by molar-refractivity contribution is 0.325. The van der Waals surface area contributed by atoms with E-state index in [1.165, 1.54) is 12.8 Å². The maximum atomic E-state index is 6.45. The summed E-state index contributed by atoms with van der Waals surface area (Å²) < 4.78 is 11.8. The molecule has 0 spiro atoms. The standard InChI is InChI=1S/C20H25NO2/c1-3-22-18-13-17(20(21)15-10-11-15)19(23-4-2)12-16(18)14-8-6-5-7-9-14/h5-9,12-13,15,20H,3-4,10-11,21H2,1-2H3. The van der Waals surface area contributed by atoms with Gasteiger partial charge in [0.05, 0.1) is 13.2 Å². The van der Waals surface area contributed by atoms with E-state index in [9.17, 15) is 0 Å². The molecule has 0 heterocycles. The van der Waals surface area contributed by atoms with Crippen molar-refractivity contribution in [3.05, 3.63) is 48.0 Å². The Labute approximate surface area is 138 Å². The number of benzene rings is 2. The zero-order valence-electron chi connectivity index (χ0n) is 13.9. The molecule has 0 aliphatic heterocycles. The fourth-order valence-corrected chi connectivity index (χ4v) is 2.94. The third-order valence-corrected chi connectivity index (χ3v) is 4.29. The molecule has 2 aromatic rings. The smallest absolute Gasteiger partial charge is 0.127 e. The van der Waals surface area contributed by atoms with Crippen molar-refractivity contribution in [3.8, 4) is 22.6 Å². The highest BCUT2D eigenvalue weighted by Crippen LogP contribution is 2.45. The van der Waals surface area contributed by atoms with Crippen LogP contribution in [0.1, 0.15) is 38.3 Å². The van der Waals surface area contributed by atoms with Crippen LogP contribution in [0.3, 0.4) is 0 Å². The van der Waals surface area contributed by atoms with Crippen LogP contribution in [-0.4, -0.2) is 13.2 Å². The first-order valence-electron chi connectivity index (χ1n) is 8.49. The molecule has 3 nitrogen and oxygen atoms in total. The summed E-state index contributed by atoms with van der Waals surface area (Å²) in [5, 5.41) is 0. The molecule has 3 heteroatoms. The number of hydrogen-bond acceptors (Lipinski definition) is 3. The minimum Gasteiger partial charge on any atom is -0.494 e. The van der Waals surface area contributed by atoms with Crippen molar-refractivity contribution >= 4 is 0 Å². The van der Waals surface area contributed by atoms with Gasteiger partial charge in [0, 0.05) is 17.2 Å². The molecular formula is C20H25NO2. The van der Waals surface area contributed by atoms with Crippen LogP contribution in [0, 0.1) is 5.92 Å². The van der Waals surface area contributed by atoms with E-state index in [0.717, 1.165) is 28.2 Å². The molecule has 1 fully saturated rings. The van der Waals surface area contributed by atoms with Crippen molar-refractivity contribution in [1.29, 1.82) is 0 Å². The van der Waals surface area contributed by atoms with Crippen LogP contribution >= 0.6 is 0 Å². The second-order valence-corrected chi connectivity index (χ2v) is 5.98. The van der Waals surface area contributed by atoms with Gasteiger partial charge in [-0.2, -0.15) is 0 Å². The van der Waals surface area contributed by atoms with E-state index in [4.69, 9.17) is 15.2 Å². The van der Waals surface area contributed by atoms with Crippen LogP contribution in [0.25, 0.3) is 11.1 Å². The van der Waals surface area contributed by atoms with Gasteiger partial charge in [0.2, 0.25) is 0 Å². The number of nitrogens with two attached hydrogens (primary N) is 1. The van der Waals surface area contributed by atoms with Gasteiger partial charge in [0.15, 0.2) is 0 Å². The Morgan fingerprint density at radius 3 is 2.26 bits per heavy atom. The van der Waals surface area contributed by atoms with Gasteiger partial charge in [-0.05, 0) is 50.3 Å². The van der Waals surface area contributed by atoms with Gasteiger partial charge in [0.25, 0.3) is 0 Å². The molecular weight excluding hydrogens is 286 g/mol. The molecule has 0 radical (unpaired) electrons. The van der Waals surface area contributed by atoms with Crippen LogP contribution < -0.4 is 15.2 Å². The lowest BCUT2D eigenvalue weighted by Gasteiger charge is -2.20. The highest BCUT2D eigenvalue weighted by Gasteiger charge is 2.32. The van der Waals surface area contributed by atoms with Crippen molar-refractivity contribution < 1.29 is 9.47 Å². The molecule has 0 saturated heterocycles. The Morgan fingerprint density at radius 2 is 1.65 bits per heavy atom. The number of hydrogen-bond donors (Lipinski definition) is 1. The van der Waals surface area contributed by atoms with E-state index < -0.39 is 0 Å². The molecule has 1 aliphatic rings. The summed E-state index contributed by atoms with van der Waals surface area (Å²) in [5.74, 6) is 2.34. The Bertz CT molecular complexity index is 650. The average Bonchev–Trinajstić information content (AvgIpc) is 3.41. The first-order chi connectivity index (χ1) is 11.2. The van der Waals surface area contributed by atoms with Gasteiger partial charge in [0.1, 0.15) is 11.5 Å². The first kappa shape index (κ1) is 15.9. The van der Waals surface area contributed by atoms with Gasteiger partial charge < -0.3 is 15.2 Å². The van der Waals surface area contributed by atoms with E-state index in [1.54, 1.807) is 0 Å². The fourth-order valence-electron chi connectivity index (χ4n) is 2.94. The molecule has 0 aromatic heterocycles. The van der Waals surface area contributed by atoms with Crippen molar-refractivity contribution in [2.75, 3.05) is 13.2 Å². The van der Waals surface area contributed by atoms with E-state index in [2.05, 4.69) is 24.3 Å². The third-order valence-electron chi connectivity index (χ3n) is 4.29. The van der Waals surface area contributed by atoms with Gasteiger partial charge in [-0.15, -0.1) is 0 Å². The van der Waals surface area contributed by atoms with E-state index in [-0.39, 0.29) is 6.04 Å². The Balaban J connectivity index is 2.09. The summed E-state index contributed by atoms with van der Waals surface area (Å²) >= 11 is 0. The maximum Gasteiger partial charge on any atom is 0.127 e. The predicted molar refractivity (Wildman–Crippen MR) is 93.9 cm³/mol. The highest BCUT2D eigenvalue weighted by molar-refractivity contribution is 5.73. The SMILES string of the molecule is CCOc1cc(C(N)C2CC2)c(OCC)cc1-c1ccccc1. The van der Waals surface area contributed by atoms with Gasteiger partial charge in [-0.3, -0.25) is 0 Å². The second kappa shape index (κ2) is 7.05. The summed E-state index contributed by atoms with van der Waals surface area (Å²) in [6, 6.07) is 14.5. The number of ether oxygens (including phenoxy) is 2. The summed E-state index contributed by atoms with van der Waals surface area (Å²) in [6.07, 6.45) is 2.41. The van der Waals surface area contributed by atoms with Crippen molar-refractivity contribution in [2.45, 2.75) is 32.7 Å². The lowest BCUT2D eigenvalue weighted by Crippen LogP contribution is -2.14. The highest BCUT2D eigenvalue weighted by atomic mass is 16.5. The minimum absolute atomic E-state index is 0.0283. The molecule has 1 unspecified atom stereocenters. The molecule has 122 valence electrons. The quantitative estimate of drug-likeness (QED) is 0.815. The summed E-state index contributed by atoms with van der Waals surface area (Å²) in [7, 11) is 0. The molecule has 1 atom stereocenters. The van der Waals surface area contributed by atoms with Gasteiger partial charge >= 0.3 is 0 Å². The van der Waals surface area contributed by atoms with Crippen LogP contribution in [0.4, 0.5) is 0 Å². The zero-order chi connectivity index (χ0) is 16.2. The van der Waals surface area contributed by atoms with Crippen molar-refractivity contribution in [2.24, 2.45) is 11.7 Å². The summed E-state index contributed by atoms with van der Waals surface area (Å²) in [5.41, 5.74) is 9.70. The van der Waals surface area contributed by atoms with Crippen LogP contribution in [0.5, 0.6) is 11.5 Å². The number of rotatable bonds is 7. The summed E-state index contributed by atoms with van der Waals surface area (Å²) in [4.78, 5) is 0. The average molecular weight is 311 g/mol. The monoisotopic (exact) mass is 311 g/mol. The normalized spacial score (nSPS) is 15.3. The fraction of sp³-hybridized carbons (Fsp3) is 0.400. The van der Waals surface area contributed by atoms with Crippen molar-refractivity contribution in [1.82, 2.24) is 0 Å². The third kappa shape index (κ3) is 3.50. The summed E-state index contributed by atoms with van der Waals surface area (Å²) in [6.45, 7) is 5.27. The van der Waals surface area contributed by atoms with Gasteiger partial charge in [-0.25, -0.2) is 0 Å². The Hall–Kier alpha value is -2.00. The van der Waals surface area contributed by atoms with Crippen LogP contribution in [-0.2, 0) is 0 Å². The lowest BCUT2D eigenvalue weighted by atomic mass is 9.96. The van der Waals surface area contributed by atoms with Crippen LogP contribution in [0.15, 0.2) is 42.5 Å². The molecule has 0 bridgehead atoms. The van der Waals surface area contributed by atoms with Gasteiger partial charge in [-0.1, -0.05) is 30.3 Å². The predicted octanol–water partition coefficient (Wildman–Crippen LogP) is 4.56. The molecule has 23 heavy (non-hydrogen) atoms. The Kier molecular flexibility index (Phi) is 4.87. The maximum absolute atomic E-state index is 6.45. The van der Waals surface area contributed by atoms with Crippen molar-refractivity contribution in [3.63, 3.8) is 0 Å². The molecule has 2 N–H and O–H groups in total. The molecule has 0 amide bonds. The Morgan fingerprint density at radius 1 is 1.00 bits per heavy atom. The first-order valence-corrected chi connectivity index (χ1v) is 8.49. The van der Waals surface area contributed by atoms with Crippen LogP contribution in [0.2, 0.25) is 0 Å².